The molecule has 3 heterocycles. The van der Waals surface area contributed by atoms with Crippen LogP contribution in [0.3, 0.4) is 0 Å². The van der Waals surface area contributed by atoms with Crippen molar-refractivity contribution in [3.8, 4) is 0 Å². The summed E-state index contributed by atoms with van der Waals surface area (Å²) in [7, 11) is 0. The number of hydrogen-bond acceptors (Lipinski definition) is 4. The fourth-order valence-electron chi connectivity index (χ4n) is 5.45. The summed E-state index contributed by atoms with van der Waals surface area (Å²) < 4.78 is 5.71. The summed E-state index contributed by atoms with van der Waals surface area (Å²) in [4.78, 5) is 30.2. The summed E-state index contributed by atoms with van der Waals surface area (Å²) in [5, 5.41) is 3.57. The van der Waals surface area contributed by atoms with Crippen molar-refractivity contribution in [2.45, 2.75) is 58.7 Å². The molecule has 0 radical (unpaired) electrons. The van der Waals surface area contributed by atoms with Crippen molar-refractivity contribution in [2.75, 3.05) is 31.1 Å². The molecule has 1 N–H and O–H groups in total. The number of carbonyl (C=O) groups excluding carboxylic acids is 2. The van der Waals surface area contributed by atoms with Gasteiger partial charge in [0.2, 0.25) is 5.91 Å². The van der Waals surface area contributed by atoms with E-state index in [1.165, 1.54) is 0 Å². The molecule has 0 aromatic heterocycles. The lowest BCUT2D eigenvalue weighted by atomic mass is 9.82. The number of amides is 2. The summed E-state index contributed by atoms with van der Waals surface area (Å²) in [6.45, 7) is 10.8. The second-order valence-corrected chi connectivity index (χ2v) is 9.53. The van der Waals surface area contributed by atoms with Crippen LogP contribution in [0.2, 0.25) is 5.02 Å². The van der Waals surface area contributed by atoms with Gasteiger partial charge in [-0.25, -0.2) is 0 Å². The predicted molar refractivity (Wildman–Crippen MR) is 118 cm³/mol. The molecular formula is C23H32ClN3O3. The van der Waals surface area contributed by atoms with Gasteiger partial charge in [-0.05, 0) is 57.2 Å². The SMILES string of the molecule is CCN1C(=O)C(CNC(=O)c2cc(Cl)cc(N3C[C@H]4C[C@@H]3CO4)c2C)C(C)CC1C. The maximum absolute atomic E-state index is 13.1. The average molecular weight is 434 g/mol. The van der Waals surface area contributed by atoms with Gasteiger partial charge in [-0.1, -0.05) is 18.5 Å². The first-order chi connectivity index (χ1) is 14.3. The minimum Gasteiger partial charge on any atom is -0.374 e. The number of ether oxygens (including phenoxy) is 1. The van der Waals surface area contributed by atoms with E-state index in [1.54, 1.807) is 6.07 Å². The van der Waals surface area contributed by atoms with E-state index in [0.717, 1.165) is 37.2 Å². The molecule has 3 aliphatic rings. The maximum Gasteiger partial charge on any atom is 0.251 e. The van der Waals surface area contributed by atoms with Crippen molar-refractivity contribution in [3.63, 3.8) is 0 Å². The van der Waals surface area contributed by atoms with Crippen LogP contribution < -0.4 is 10.2 Å². The standard InChI is InChI=1S/C23H32ClN3O3/c1-5-26-14(3)6-13(2)20(23(26)29)10-25-22(28)19-7-16(24)8-21(15(19)4)27-11-18-9-17(27)12-30-18/h7-8,13-14,17-18,20H,5-6,9-12H2,1-4H3,(H,25,28)/t13?,14?,17-,18-,20?/m1/s1. The lowest BCUT2D eigenvalue weighted by Gasteiger charge is -2.40. The molecule has 2 bridgehead atoms. The lowest BCUT2D eigenvalue weighted by Crippen LogP contribution is -2.52. The zero-order valence-corrected chi connectivity index (χ0v) is 19.0. The number of halogens is 1. The highest BCUT2D eigenvalue weighted by Gasteiger charge is 2.40. The van der Waals surface area contributed by atoms with E-state index in [4.69, 9.17) is 16.3 Å². The molecule has 0 spiro atoms. The molecule has 6 nitrogen and oxygen atoms in total. The Bertz CT molecular complexity index is 845. The van der Waals surface area contributed by atoms with Gasteiger partial charge in [-0.15, -0.1) is 0 Å². The Kier molecular flexibility index (Phi) is 5.99. The highest BCUT2D eigenvalue weighted by molar-refractivity contribution is 6.31. The summed E-state index contributed by atoms with van der Waals surface area (Å²) in [5.41, 5.74) is 2.52. The number of fused-ring (bicyclic) bond motifs is 2. The minimum atomic E-state index is -0.185. The number of benzene rings is 1. The van der Waals surface area contributed by atoms with Crippen LogP contribution in [0.15, 0.2) is 12.1 Å². The molecule has 3 aliphatic heterocycles. The fourth-order valence-corrected chi connectivity index (χ4v) is 5.66. The number of nitrogens with zero attached hydrogens (tertiary/aromatic N) is 2. The number of hydrogen-bond donors (Lipinski definition) is 1. The molecule has 1 aromatic carbocycles. The number of rotatable bonds is 5. The van der Waals surface area contributed by atoms with Crippen LogP contribution in [0, 0.1) is 18.8 Å². The van der Waals surface area contributed by atoms with E-state index < -0.39 is 0 Å². The van der Waals surface area contributed by atoms with Gasteiger partial charge in [0.1, 0.15) is 0 Å². The van der Waals surface area contributed by atoms with Gasteiger partial charge in [-0.3, -0.25) is 9.59 Å². The van der Waals surface area contributed by atoms with Crippen LogP contribution in [0.4, 0.5) is 5.69 Å². The molecule has 1 aromatic rings. The number of nitrogens with one attached hydrogen (secondary N) is 1. The summed E-state index contributed by atoms with van der Waals surface area (Å²) in [6, 6.07) is 4.28. The number of anilines is 1. The minimum absolute atomic E-state index is 0.139. The third kappa shape index (κ3) is 3.80. The van der Waals surface area contributed by atoms with Gasteiger partial charge < -0.3 is 19.9 Å². The Labute approximate surface area is 183 Å². The molecule has 4 rings (SSSR count). The number of carbonyl (C=O) groups is 2. The number of likely N-dealkylation sites (tertiary alicyclic amines) is 1. The second kappa shape index (κ2) is 8.39. The maximum atomic E-state index is 13.1. The van der Waals surface area contributed by atoms with Crippen LogP contribution in [-0.2, 0) is 9.53 Å². The molecule has 3 fully saturated rings. The van der Waals surface area contributed by atoms with Crippen LogP contribution in [0.1, 0.15) is 49.5 Å². The van der Waals surface area contributed by atoms with E-state index in [0.29, 0.717) is 29.7 Å². The van der Waals surface area contributed by atoms with Gasteiger partial charge in [0, 0.05) is 41.9 Å². The number of morpholine rings is 1. The highest BCUT2D eigenvalue weighted by Crippen LogP contribution is 2.37. The van der Waals surface area contributed by atoms with Gasteiger partial charge in [0.05, 0.1) is 24.7 Å². The van der Waals surface area contributed by atoms with Crippen molar-refractivity contribution in [1.82, 2.24) is 10.2 Å². The third-order valence-electron chi connectivity index (χ3n) is 7.15. The second-order valence-electron chi connectivity index (χ2n) is 9.10. The van der Waals surface area contributed by atoms with E-state index in [9.17, 15) is 9.59 Å². The monoisotopic (exact) mass is 433 g/mol. The van der Waals surface area contributed by atoms with Gasteiger partial charge >= 0.3 is 0 Å². The summed E-state index contributed by atoms with van der Waals surface area (Å²) in [6.07, 6.45) is 2.26. The lowest BCUT2D eigenvalue weighted by molar-refractivity contribution is -0.143. The quantitative estimate of drug-likeness (QED) is 0.774. The topological polar surface area (TPSA) is 61.9 Å². The van der Waals surface area contributed by atoms with Gasteiger partial charge in [0.15, 0.2) is 0 Å². The first-order valence-corrected chi connectivity index (χ1v) is 11.4. The van der Waals surface area contributed by atoms with E-state index in [2.05, 4.69) is 24.1 Å². The Morgan fingerprint density at radius 2 is 2.07 bits per heavy atom. The smallest absolute Gasteiger partial charge is 0.251 e. The van der Waals surface area contributed by atoms with E-state index in [-0.39, 0.29) is 35.8 Å². The molecule has 30 heavy (non-hydrogen) atoms. The zero-order valence-electron chi connectivity index (χ0n) is 18.3. The predicted octanol–water partition coefficient (Wildman–Crippen LogP) is 3.25. The van der Waals surface area contributed by atoms with Crippen LogP contribution in [0.25, 0.3) is 0 Å². The van der Waals surface area contributed by atoms with Crippen molar-refractivity contribution in [1.29, 1.82) is 0 Å². The normalized spacial score (nSPS) is 30.8. The Hall–Kier alpha value is -1.79. The molecular weight excluding hydrogens is 402 g/mol. The van der Waals surface area contributed by atoms with Gasteiger partial charge in [0.25, 0.3) is 5.91 Å². The summed E-state index contributed by atoms with van der Waals surface area (Å²) in [5.74, 6) is 0.0291. The molecule has 0 aliphatic carbocycles. The Morgan fingerprint density at radius 3 is 2.70 bits per heavy atom. The number of piperidine rings is 1. The average Bonchev–Trinajstić information content (AvgIpc) is 3.32. The Morgan fingerprint density at radius 1 is 1.30 bits per heavy atom. The van der Waals surface area contributed by atoms with Crippen LogP contribution >= 0.6 is 11.6 Å². The summed E-state index contributed by atoms with van der Waals surface area (Å²) >= 11 is 6.40. The molecule has 3 unspecified atom stereocenters. The third-order valence-corrected chi connectivity index (χ3v) is 7.37. The fraction of sp³-hybridized carbons (Fsp3) is 0.652. The molecule has 0 saturated carbocycles. The van der Waals surface area contributed by atoms with Crippen molar-refractivity contribution >= 4 is 29.1 Å². The molecule has 164 valence electrons. The van der Waals surface area contributed by atoms with E-state index >= 15 is 0 Å². The zero-order chi connectivity index (χ0) is 21.6. The molecule has 5 atom stereocenters. The molecule has 2 amide bonds. The van der Waals surface area contributed by atoms with Crippen molar-refractivity contribution in [3.05, 3.63) is 28.3 Å². The van der Waals surface area contributed by atoms with Crippen molar-refractivity contribution < 1.29 is 14.3 Å². The van der Waals surface area contributed by atoms with E-state index in [1.807, 2.05) is 24.8 Å². The van der Waals surface area contributed by atoms with Crippen LogP contribution in [0.5, 0.6) is 0 Å². The Balaban J connectivity index is 1.49. The highest BCUT2D eigenvalue weighted by atomic mass is 35.5. The van der Waals surface area contributed by atoms with Gasteiger partial charge in [-0.2, -0.15) is 0 Å². The largest absolute Gasteiger partial charge is 0.374 e. The molecule has 7 heteroatoms. The van der Waals surface area contributed by atoms with Crippen molar-refractivity contribution in [2.24, 2.45) is 11.8 Å². The van der Waals surface area contributed by atoms with Crippen LogP contribution in [-0.4, -0.2) is 61.1 Å². The first-order valence-electron chi connectivity index (χ1n) is 11.1. The molecule has 3 saturated heterocycles. The first kappa shape index (κ1) is 21.4.